The molecule has 0 unspecified atom stereocenters. The lowest BCUT2D eigenvalue weighted by Crippen LogP contribution is -2.49. The zero-order valence-corrected chi connectivity index (χ0v) is 26.9. The summed E-state index contributed by atoms with van der Waals surface area (Å²) in [5.74, 6) is -1.27. The SMILES string of the molecule is C/C=C\COC(=O)CC(C)(C)OCC(C)(C)NC(=O)c1nnn(-c2ccc(NC(=O)CCCNC(=O)OC(C)(C)C)cc2)n1. The Morgan fingerprint density at radius 3 is 2.32 bits per heavy atom. The Hall–Kier alpha value is -4.33. The summed E-state index contributed by atoms with van der Waals surface area (Å²) in [6.07, 6.45) is 3.73. The van der Waals surface area contributed by atoms with Crippen molar-refractivity contribution < 1.29 is 33.4 Å². The predicted octanol–water partition coefficient (Wildman–Crippen LogP) is 3.72. The van der Waals surface area contributed by atoms with Crippen LogP contribution in [0.1, 0.15) is 85.3 Å². The topological polar surface area (TPSA) is 176 Å². The van der Waals surface area contributed by atoms with Gasteiger partial charge in [0, 0.05) is 18.7 Å². The second-order valence-corrected chi connectivity index (χ2v) is 12.3. The molecule has 3 amide bonds. The molecular weight excluding hydrogens is 570 g/mol. The van der Waals surface area contributed by atoms with E-state index in [4.69, 9.17) is 14.2 Å². The summed E-state index contributed by atoms with van der Waals surface area (Å²) in [5, 5.41) is 20.2. The summed E-state index contributed by atoms with van der Waals surface area (Å²) in [5.41, 5.74) is -1.10. The third-order valence-corrected chi connectivity index (χ3v) is 5.67. The highest BCUT2D eigenvalue weighted by molar-refractivity contribution is 5.91. The third-order valence-electron chi connectivity index (χ3n) is 5.67. The van der Waals surface area contributed by atoms with Crippen molar-refractivity contribution in [1.82, 2.24) is 30.8 Å². The van der Waals surface area contributed by atoms with Crippen LogP contribution < -0.4 is 16.0 Å². The molecule has 2 aromatic rings. The number of hydrogen-bond donors (Lipinski definition) is 3. The monoisotopic (exact) mass is 615 g/mol. The molecule has 14 nitrogen and oxygen atoms in total. The van der Waals surface area contributed by atoms with E-state index in [2.05, 4.69) is 31.4 Å². The maximum Gasteiger partial charge on any atom is 0.407 e. The highest BCUT2D eigenvalue weighted by Crippen LogP contribution is 2.19. The van der Waals surface area contributed by atoms with E-state index in [1.807, 2.05) is 6.92 Å². The normalized spacial score (nSPS) is 12.1. The molecular formula is C30H45N7O7. The molecule has 1 heterocycles. The standard InChI is InChI=1S/C30H45N7O7/c1-9-10-18-42-24(39)19-30(7,8)43-20-29(5,6)33-26(40)25-34-36-37(35-25)22-15-13-21(14-16-22)32-23(38)12-11-17-31-27(41)44-28(2,3)4/h9-10,13-16H,11-12,17-20H2,1-8H3,(H,31,41)(H,32,38)(H,33,40)/b10-9-. The number of alkyl carbamates (subject to hydrolysis) is 1. The van der Waals surface area contributed by atoms with E-state index in [1.54, 1.807) is 84.9 Å². The molecule has 2 rings (SSSR count). The Morgan fingerprint density at radius 2 is 1.68 bits per heavy atom. The third kappa shape index (κ3) is 13.8. The van der Waals surface area contributed by atoms with Gasteiger partial charge in [0.1, 0.15) is 12.2 Å². The molecule has 0 bridgehead atoms. The number of carbonyl (C=O) groups excluding carboxylic acids is 4. The number of ether oxygens (including phenoxy) is 3. The molecule has 0 fully saturated rings. The van der Waals surface area contributed by atoms with Gasteiger partial charge >= 0.3 is 12.1 Å². The number of esters is 1. The van der Waals surface area contributed by atoms with Crippen molar-refractivity contribution >= 4 is 29.6 Å². The zero-order valence-electron chi connectivity index (χ0n) is 26.9. The van der Waals surface area contributed by atoms with Gasteiger partial charge in [-0.15, -0.1) is 15.0 Å². The van der Waals surface area contributed by atoms with Crippen LogP contribution in [-0.2, 0) is 23.8 Å². The minimum atomic E-state index is -0.805. The van der Waals surface area contributed by atoms with E-state index in [-0.39, 0.29) is 43.8 Å². The van der Waals surface area contributed by atoms with Crippen molar-refractivity contribution in [3.05, 3.63) is 42.2 Å². The summed E-state index contributed by atoms with van der Waals surface area (Å²) in [6, 6.07) is 6.69. The number of nitrogens with zero attached hydrogens (tertiary/aromatic N) is 4. The van der Waals surface area contributed by atoms with E-state index in [9.17, 15) is 19.2 Å². The van der Waals surface area contributed by atoms with Crippen molar-refractivity contribution in [3.63, 3.8) is 0 Å². The van der Waals surface area contributed by atoms with Crippen molar-refractivity contribution in [3.8, 4) is 5.69 Å². The second-order valence-electron chi connectivity index (χ2n) is 12.3. The van der Waals surface area contributed by atoms with Gasteiger partial charge in [0.15, 0.2) is 0 Å². The molecule has 14 heteroatoms. The van der Waals surface area contributed by atoms with E-state index in [0.717, 1.165) is 0 Å². The van der Waals surface area contributed by atoms with Crippen molar-refractivity contribution in [1.29, 1.82) is 0 Å². The Kier molecular flexibility index (Phi) is 13.0. The summed E-state index contributed by atoms with van der Waals surface area (Å²) < 4.78 is 16.2. The fraction of sp³-hybridized carbons (Fsp3) is 0.567. The van der Waals surface area contributed by atoms with Gasteiger partial charge in [0.05, 0.1) is 29.9 Å². The van der Waals surface area contributed by atoms with Crippen LogP contribution >= 0.6 is 0 Å². The van der Waals surface area contributed by atoms with Crippen LogP contribution in [0.2, 0.25) is 0 Å². The zero-order chi connectivity index (χ0) is 33.0. The number of aromatic nitrogens is 4. The Labute approximate surface area is 258 Å². The lowest BCUT2D eigenvalue weighted by Gasteiger charge is -2.31. The molecule has 242 valence electrons. The number of benzene rings is 1. The first-order valence-electron chi connectivity index (χ1n) is 14.4. The number of amides is 3. The van der Waals surface area contributed by atoms with Crippen LogP contribution in [-0.4, -0.2) is 80.6 Å². The molecule has 0 atom stereocenters. The fourth-order valence-corrected chi connectivity index (χ4v) is 3.53. The summed E-state index contributed by atoms with van der Waals surface area (Å²) in [4.78, 5) is 50.0. The molecule has 0 aliphatic rings. The maximum atomic E-state index is 12.8. The Bertz CT molecular complexity index is 1300. The molecule has 1 aromatic heterocycles. The largest absolute Gasteiger partial charge is 0.461 e. The summed E-state index contributed by atoms with van der Waals surface area (Å²) in [6.45, 7) is 14.9. The van der Waals surface area contributed by atoms with E-state index >= 15 is 0 Å². The molecule has 0 aliphatic heterocycles. The van der Waals surface area contributed by atoms with Gasteiger partial charge in [-0.25, -0.2) is 4.79 Å². The van der Waals surface area contributed by atoms with Gasteiger partial charge in [-0.1, -0.05) is 12.2 Å². The number of nitrogens with one attached hydrogen (secondary N) is 3. The number of hydrogen-bond acceptors (Lipinski definition) is 10. The molecule has 0 saturated carbocycles. The first-order chi connectivity index (χ1) is 20.5. The molecule has 1 aromatic carbocycles. The number of carbonyl (C=O) groups is 4. The average molecular weight is 616 g/mol. The van der Waals surface area contributed by atoms with Crippen LogP contribution in [0.25, 0.3) is 5.69 Å². The van der Waals surface area contributed by atoms with Crippen molar-refractivity contribution in [2.75, 3.05) is 25.1 Å². The average Bonchev–Trinajstić information content (AvgIpc) is 3.40. The number of anilines is 1. The Morgan fingerprint density at radius 1 is 1.00 bits per heavy atom. The van der Waals surface area contributed by atoms with Crippen LogP contribution in [0, 0.1) is 0 Å². The second kappa shape index (κ2) is 15.9. The van der Waals surface area contributed by atoms with Gasteiger partial charge in [-0.3, -0.25) is 14.4 Å². The van der Waals surface area contributed by atoms with Crippen LogP contribution in [0.4, 0.5) is 10.5 Å². The molecule has 44 heavy (non-hydrogen) atoms. The number of tetrazole rings is 1. The van der Waals surface area contributed by atoms with Gasteiger partial charge in [-0.05, 0) is 91.3 Å². The molecule has 0 aliphatic carbocycles. The van der Waals surface area contributed by atoms with Crippen LogP contribution in [0.5, 0.6) is 0 Å². The minimum Gasteiger partial charge on any atom is -0.461 e. The summed E-state index contributed by atoms with van der Waals surface area (Å²) >= 11 is 0. The van der Waals surface area contributed by atoms with E-state index < -0.39 is 28.7 Å². The van der Waals surface area contributed by atoms with Crippen molar-refractivity contribution in [2.24, 2.45) is 0 Å². The molecule has 0 saturated heterocycles. The van der Waals surface area contributed by atoms with Gasteiger partial charge < -0.3 is 30.2 Å². The Balaban J connectivity index is 1.83. The fourth-order valence-electron chi connectivity index (χ4n) is 3.53. The number of rotatable bonds is 15. The lowest BCUT2D eigenvalue weighted by atomic mass is 10.0. The lowest BCUT2D eigenvalue weighted by molar-refractivity contribution is -0.150. The van der Waals surface area contributed by atoms with E-state index in [0.29, 0.717) is 24.3 Å². The summed E-state index contributed by atoms with van der Waals surface area (Å²) in [7, 11) is 0. The van der Waals surface area contributed by atoms with Crippen molar-refractivity contribution in [2.45, 2.75) is 91.4 Å². The molecule has 0 radical (unpaired) electrons. The quantitative estimate of drug-likeness (QED) is 0.152. The molecule has 3 N–H and O–H groups in total. The smallest absolute Gasteiger partial charge is 0.407 e. The van der Waals surface area contributed by atoms with Crippen LogP contribution in [0.15, 0.2) is 36.4 Å². The first kappa shape index (κ1) is 35.9. The minimum absolute atomic E-state index is 0.0558. The highest BCUT2D eigenvalue weighted by Gasteiger charge is 2.30. The highest BCUT2D eigenvalue weighted by atomic mass is 16.6. The van der Waals surface area contributed by atoms with E-state index in [1.165, 1.54) is 4.80 Å². The maximum absolute atomic E-state index is 12.8. The molecule has 0 spiro atoms. The predicted molar refractivity (Wildman–Crippen MR) is 163 cm³/mol. The van der Waals surface area contributed by atoms with Gasteiger partial charge in [-0.2, -0.15) is 0 Å². The van der Waals surface area contributed by atoms with Gasteiger partial charge in [0.2, 0.25) is 5.91 Å². The van der Waals surface area contributed by atoms with Crippen LogP contribution in [0.3, 0.4) is 0 Å². The number of allylic oxidation sites excluding steroid dienone is 1. The van der Waals surface area contributed by atoms with Gasteiger partial charge in [0.25, 0.3) is 11.7 Å². The first-order valence-corrected chi connectivity index (χ1v) is 14.4.